The lowest BCUT2D eigenvalue weighted by molar-refractivity contribution is -0.385. The van der Waals surface area contributed by atoms with Crippen LogP contribution in [0.25, 0.3) is 0 Å². The van der Waals surface area contributed by atoms with Gasteiger partial charge >= 0.3 is 7.60 Å². The number of hydrogen-bond donors (Lipinski definition) is 0. The fourth-order valence-electron chi connectivity index (χ4n) is 1.51. The topological polar surface area (TPSA) is 78.7 Å². The monoisotopic (exact) mass is 399 g/mol. The Morgan fingerprint density at radius 2 is 1.89 bits per heavy atom. The lowest BCUT2D eigenvalue weighted by Crippen LogP contribution is -2.01. The third kappa shape index (κ3) is 4.83. The van der Waals surface area contributed by atoms with Crippen LogP contribution in [-0.2, 0) is 19.8 Å². The first-order chi connectivity index (χ1) is 8.91. The van der Waals surface area contributed by atoms with Crippen molar-refractivity contribution in [3.8, 4) is 0 Å². The summed E-state index contributed by atoms with van der Waals surface area (Å²) in [5.74, 6) is 0. The molecule has 0 aromatic heterocycles. The first-order valence-electron chi connectivity index (χ1n) is 5.72. The van der Waals surface area contributed by atoms with Gasteiger partial charge in [-0.3, -0.25) is 14.7 Å². The SMILES string of the molecule is CCOP(=O)(Cc1ccc([N+](=O)[O-])cc1I)OCC. The van der Waals surface area contributed by atoms with Crippen molar-refractivity contribution in [3.63, 3.8) is 0 Å². The number of halogens is 1. The zero-order valence-corrected chi connectivity index (χ0v) is 13.7. The predicted octanol–water partition coefficient (Wildman–Crippen LogP) is 3.97. The average Bonchev–Trinajstić information content (AvgIpc) is 2.32. The highest BCUT2D eigenvalue weighted by molar-refractivity contribution is 14.1. The second-order valence-electron chi connectivity index (χ2n) is 3.64. The molecule has 1 aromatic rings. The minimum atomic E-state index is -3.18. The summed E-state index contributed by atoms with van der Waals surface area (Å²) >= 11 is 1.98. The first-order valence-corrected chi connectivity index (χ1v) is 8.53. The number of nitrogens with zero attached hydrogens (tertiary/aromatic N) is 1. The third-order valence-corrected chi connectivity index (χ3v) is 5.30. The van der Waals surface area contributed by atoms with E-state index in [0.29, 0.717) is 16.8 Å². The Hall–Kier alpha value is -0.500. The second kappa shape index (κ2) is 7.33. The maximum atomic E-state index is 12.4. The minimum absolute atomic E-state index is 0.0100. The predicted molar refractivity (Wildman–Crippen MR) is 80.4 cm³/mol. The fourth-order valence-corrected chi connectivity index (χ4v) is 4.24. The van der Waals surface area contributed by atoms with Crippen LogP contribution in [0, 0.1) is 13.7 Å². The van der Waals surface area contributed by atoms with Gasteiger partial charge in [0, 0.05) is 15.7 Å². The zero-order chi connectivity index (χ0) is 14.5. The Kier molecular flexibility index (Phi) is 6.38. The summed E-state index contributed by atoms with van der Waals surface area (Å²) in [6, 6.07) is 4.42. The molecule has 0 spiro atoms. The van der Waals surface area contributed by atoms with Crippen LogP contribution >= 0.6 is 30.2 Å². The molecule has 8 heteroatoms. The molecule has 0 atom stereocenters. The molecule has 106 valence electrons. The molecule has 0 bridgehead atoms. The van der Waals surface area contributed by atoms with Gasteiger partial charge in [-0.15, -0.1) is 0 Å². The van der Waals surface area contributed by atoms with Gasteiger partial charge in [0.1, 0.15) is 0 Å². The molecule has 1 aromatic carbocycles. The number of rotatable bonds is 7. The van der Waals surface area contributed by atoms with E-state index >= 15 is 0 Å². The van der Waals surface area contributed by atoms with E-state index in [0.717, 1.165) is 5.56 Å². The van der Waals surface area contributed by atoms with Crippen molar-refractivity contribution < 1.29 is 18.5 Å². The van der Waals surface area contributed by atoms with Crippen molar-refractivity contribution in [2.75, 3.05) is 13.2 Å². The summed E-state index contributed by atoms with van der Waals surface area (Å²) in [7, 11) is -3.18. The number of nitro benzene ring substituents is 1. The van der Waals surface area contributed by atoms with Crippen LogP contribution in [0.15, 0.2) is 18.2 Å². The quantitative estimate of drug-likeness (QED) is 0.300. The molecule has 0 saturated carbocycles. The standard InChI is InChI=1S/C11H15INO5P/c1-3-17-19(16,18-4-2)8-9-5-6-10(13(14)15)7-11(9)12/h5-7H,3-4,8H2,1-2H3. The Morgan fingerprint density at radius 1 is 1.32 bits per heavy atom. The molecule has 0 saturated heterocycles. The Balaban J connectivity index is 2.97. The highest BCUT2D eigenvalue weighted by atomic mass is 127. The lowest BCUT2D eigenvalue weighted by atomic mass is 10.2. The van der Waals surface area contributed by atoms with Crippen LogP contribution in [0.1, 0.15) is 19.4 Å². The molecule has 0 N–H and O–H groups in total. The van der Waals surface area contributed by atoms with Gasteiger partial charge in [-0.25, -0.2) is 0 Å². The molecule has 0 fully saturated rings. The summed E-state index contributed by atoms with van der Waals surface area (Å²) in [6.45, 7) is 4.07. The summed E-state index contributed by atoms with van der Waals surface area (Å²) in [5.41, 5.74) is 0.729. The number of hydrogen-bond acceptors (Lipinski definition) is 5. The van der Waals surface area contributed by atoms with Gasteiger partial charge in [0.25, 0.3) is 5.69 Å². The van der Waals surface area contributed by atoms with Crippen molar-refractivity contribution in [2.45, 2.75) is 20.0 Å². The second-order valence-corrected chi connectivity index (χ2v) is 6.85. The highest BCUT2D eigenvalue weighted by Gasteiger charge is 2.25. The van der Waals surface area contributed by atoms with Gasteiger partial charge in [0.05, 0.1) is 24.3 Å². The zero-order valence-electron chi connectivity index (χ0n) is 10.7. The Bertz CT molecular complexity index is 498. The summed E-state index contributed by atoms with van der Waals surface area (Å²) in [4.78, 5) is 10.2. The molecule has 0 amide bonds. The molecule has 0 radical (unpaired) electrons. The van der Waals surface area contributed by atoms with Gasteiger partial charge in [0.15, 0.2) is 0 Å². The minimum Gasteiger partial charge on any atom is -0.309 e. The maximum Gasteiger partial charge on any atom is 0.335 e. The van der Waals surface area contributed by atoms with E-state index in [1.54, 1.807) is 19.9 Å². The summed E-state index contributed by atoms with van der Waals surface area (Å²) < 4.78 is 23.4. The molecule has 0 heterocycles. The van der Waals surface area contributed by atoms with Crippen molar-refractivity contribution in [1.29, 1.82) is 0 Å². The third-order valence-electron chi connectivity index (χ3n) is 2.26. The molecular formula is C11H15INO5P. The van der Waals surface area contributed by atoms with Gasteiger partial charge < -0.3 is 9.05 Å². The van der Waals surface area contributed by atoms with Crippen LogP contribution in [0.3, 0.4) is 0 Å². The molecule has 0 aliphatic carbocycles. The van der Waals surface area contributed by atoms with E-state index in [-0.39, 0.29) is 11.8 Å². The van der Waals surface area contributed by atoms with Crippen molar-refractivity contribution in [3.05, 3.63) is 37.4 Å². The van der Waals surface area contributed by atoms with Crippen molar-refractivity contribution in [2.24, 2.45) is 0 Å². The van der Waals surface area contributed by atoms with Crippen LogP contribution in [0.5, 0.6) is 0 Å². The van der Waals surface area contributed by atoms with E-state index < -0.39 is 12.5 Å². The number of nitro groups is 1. The normalized spacial score (nSPS) is 11.5. The number of benzene rings is 1. The molecule has 0 aliphatic heterocycles. The van der Waals surface area contributed by atoms with E-state index in [9.17, 15) is 14.7 Å². The Morgan fingerprint density at radius 3 is 2.32 bits per heavy atom. The van der Waals surface area contributed by atoms with Gasteiger partial charge in [-0.05, 0) is 42.0 Å². The van der Waals surface area contributed by atoms with E-state index in [1.165, 1.54) is 12.1 Å². The van der Waals surface area contributed by atoms with Gasteiger partial charge in [-0.2, -0.15) is 0 Å². The molecule has 0 aliphatic rings. The smallest absolute Gasteiger partial charge is 0.309 e. The van der Waals surface area contributed by atoms with Crippen molar-refractivity contribution >= 4 is 35.9 Å². The molecule has 0 unspecified atom stereocenters. The summed E-state index contributed by atoms with van der Waals surface area (Å²) in [6.07, 6.45) is 0.116. The first kappa shape index (κ1) is 16.6. The van der Waals surface area contributed by atoms with Gasteiger partial charge in [0.2, 0.25) is 0 Å². The fraction of sp³-hybridized carbons (Fsp3) is 0.455. The molecule has 19 heavy (non-hydrogen) atoms. The van der Waals surface area contributed by atoms with Crippen LogP contribution in [0.4, 0.5) is 5.69 Å². The Labute approximate surface area is 125 Å². The van der Waals surface area contributed by atoms with Gasteiger partial charge in [-0.1, -0.05) is 6.07 Å². The largest absolute Gasteiger partial charge is 0.335 e. The lowest BCUT2D eigenvalue weighted by Gasteiger charge is -2.17. The summed E-state index contributed by atoms with van der Waals surface area (Å²) in [5, 5.41) is 10.7. The van der Waals surface area contributed by atoms with E-state index in [2.05, 4.69) is 0 Å². The molecule has 6 nitrogen and oxygen atoms in total. The van der Waals surface area contributed by atoms with Crippen LogP contribution in [-0.4, -0.2) is 18.1 Å². The van der Waals surface area contributed by atoms with Crippen LogP contribution in [0.2, 0.25) is 0 Å². The van der Waals surface area contributed by atoms with Crippen LogP contribution < -0.4 is 0 Å². The molecule has 1 rings (SSSR count). The molecular weight excluding hydrogens is 384 g/mol. The average molecular weight is 399 g/mol. The maximum absolute atomic E-state index is 12.4. The van der Waals surface area contributed by atoms with E-state index in [1.807, 2.05) is 22.6 Å². The van der Waals surface area contributed by atoms with Crippen molar-refractivity contribution in [1.82, 2.24) is 0 Å². The van der Waals surface area contributed by atoms with E-state index in [4.69, 9.17) is 9.05 Å². The highest BCUT2D eigenvalue weighted by Crippen LogP contribution is 2.51. The number of non-ortho nitro benzene ring substituents is 1.